The molecule has 14 aromatic rings. The quantitative estimate of drug-likeness (QED) is 0.142. The average molecular weight is 1290 g/mol. The lowest BCUT2D eigenvalue weighted by atomic mass is 9.94. The molecule has 0 aromatic heterocycles. The Bertz CT molecular complexity index is 5680. The van der Waals surface area contributed by atoms with Crippen LogP contribution in [0, 0.1) is 0 Å². The van der Waals surface area contributed by atoms with Crippen LogP contribution in [0.25, 0.3) is 106 Å². The van der Waals surface area contributed by atoms with E-state index in [1.54, 1.807) is 22.3 Å². The lowest BCUT2D eigenvalue weighted by molar-refractivity contribution is 1.04. The Morgan fingerprint density at radius 2 is 0.465 bits per heavy atom. The number of hydrogen-bond acceptors (Lipinski definition) is 0. The molecule has 0 heteroatoms. The summed E-state index contributed by atoms with van der Waals surface area (Å²) >= 11 is 0. The molecule has 0 spiro atoms. The first kappa shape index (κ1) is 59.6. The van der Waals surface area contributed by atoms with Crippen LogP contribution < -0.4 is 0 Å². The standard InChI is InChI=1S/4C20H14.C20H16.CH4/c1-3-7-16-14(6-1)12-19-18(16)10-9-15-11-13-5-2-4-8-17(13)20(15)19;1-3-7-17-13(5-1)9-15-11-20-16(12-19(15)17)10-14-6-2-4-8-18(14)20;1-3-7-17-13(5-1)9-15-11-16-10-14-6-2-4-8-18(14)20(16)12-19(15)17;1-3-7-17-13(5-1)11-15-9-10-16-12-14-6-2-4-8-18(14)20(16)19(15)17;1-3-7-15-13(5-1)11-19-17(15)9-10-18-16-8-4-2-6-14(16)12-20(18)19;/h1-10H,11-12H2;2*1-8,11-12H,9-10H2;1-10H,11-12H2;1-3,5-7,9-10H,4,8,11-12H2;1H4. The minimum atomic E-state index is 0. The van der Waals surface area contributed by atoms with Gasteiger partial charge in [-0.25, -0.2) is 0 Å². The molecule has 0 heterocycles. The summed E-state index contributed by atoms with van der Waals surface area (Å²) in [5.41, 5.74) is 59.3. The monoisotopic (exact) mass is 1290 g/mol. The molecule has 0 nitrogen and oxygen atoms in total. The topological polar surface area (TPSA) is 0 Å². The Kier molecular flexibility index (Phi) is 14.1. The van der Waals surface area contributed by atoms with Crippen molar-refractivity contribution in [2.24, 2.45) is 0 Å². The maximum Gasteiger partial charge on any atom is -0.000718 e. The van der Waals surface area contributed by atoms with Crippen molar-refractivity contribution in [3.8, 4) is 100 Å². The first-order chi connectivity index (χ1) is 49.5. The smallest absolute Gasteiger partial charge is 0.000718 e. The number of hydrogen-bond donors (Lipinski definition) is 0. The SMILES string of the molecule is C.C1=CC2=C(CC1)c1ccc3c(c1C2)Cc1ccccc1-3.c1ccc2c(c1)Cc1c-2ccc2c1-c1ccccc1C2.c1ccc2c(c1)Cc1cc3c(cc1-2)-c1ccccc1C3.c1ccc2c(c1)Cc1cc3c(cc1-2)Cc1ccccc1-3.c1ccc2c(c1)Cc1ccc3c(c1-2)-c1ccccc1C3. The minimum Gasteiger partial charge on any atom is -0.0839 e. The molecule has 480 valence electrons. The van der Waals surface area contributed by atoms with E-state index in [0.717, 1.165) is 64.2 Å². The summed E-state index contributed by atoms with van der Waals surface area (Å²) in [5.74, 6) is 0. The molecule has 0 fully saturated rings. The molecular weight excluding hydrogens is 1210 g/mol. The van der Waals surface area contributed by atoms with Gasteiger partial charge in [0.25, 0.3) is 0 Å². The predicted octanol–water partition coefficient (Wildman–Crippen LogP) is 24.9. The summed E-state index contributed by atoms with van der Waals surface area (Å²) in [7, 11) is 0. The largest absolute Gasteiger partial charge is 0.0839 e. The zero-order valence-electron chi connectivity index (χ0n) is 56.2. The van der Waals surface area contributed by atoms with Crippen LogP contribution in [0.4, 0.5) is 0 Å². The lowest BCUT2D eigenvalue weighted by Crippen LogP contribution is -1.93. The molecular formula is C101H76. The van der Waals surface area contributed by atoms with Gasteiger partial charge in [0.1, 0.15) is 0 Å². The van der Waals surface area contributed by atoms with Gasteiger partial charge in [-0.3, -0.25) is 0 Å². The molecule has 0 atom stereocenters. The first-order valence-corrected chi connectivity index (χ1v) is 36.4. The number of benzene rings is 14. The molecule has 0 bridgehead atoms. The van der Waals surface area contributed by atoms with Crippen LogP contribution in [0.1, 0.15) is 132 Å². The third-order valence-corrected chi connectivity index (χ3v) is 23.9. The summed E-state index contributed by atoms with van der Waals surface area (Å²) in [6.07, 6.45) is 18.1. The van der Waals surface area contributed by atoms with Crippen molar-refractivity contribution in [3.05, 3.63) is 408 Å². The van der Waals surface area contributed by atoms with Crippen LogP contribution in [-0.4, -0.2) is 0 Å². The van der Waals surface area contributed by atoms with Gasteiger partial charge in [-0.1, -0.05) is 280 Å². The van der Waals surface area contributed by atoms with Gasteiger partial charge < -0.3 is 0 Å². The number of allylic oxidation sites excluding steroid dienone is 4. The van der Waals surface area contributed by atoms with Crippen LogP contribution >= 0.6 is 0 Å². The molecule has 0 saturated carbocycles. The molecule has 0 aliphatic heterocycles. The van der Waals surface area contributed by atoms with Crippen molar-refractivity contribution in [3.63, 3.8) is 0 Å². The molecule has 0 amide bonds. The molecule has 25 rings (SSSR count). The van der Waals surface area contributed by atoms with E-state index in [2.05, 4.69) is 291 Å². The fourth-order valence-electron chi connectivity index (χ4n) is 19.4. The summed E-state index contributed by atoms with van der Waals surface area (Å²) in [6.45, 7) is 0. The van der Waals surface area contributed by atoms with Gasteiger partial charge in [0.15, 0.2) is 0 Å². The van der Waals surface area contributed by atoms with Crippen molar-refractivity contribution in [1.29, 1.82) is 0 Å². The normalized spacial score (nSPS) is 14.3. The maximum absolute atomic E-state index is 2.44. The van der Waals surface area contributed by atoms with E-state index < -0.39 is 0 Å². The first-order valence-electron chi connectivity index (χ1n) is 36.4. The highest BCUT2D eigenvalue weighted by molar-refractivity contribution is 5.96. The molecule has 14 aromatic carbocycles. The molecule has 11 aliphatic rings. The highest BCUT2D eigenvalue weighted by Gasteiger charge is 2.33. The number of fused-ring (bicyclic) bond motifs is 32. The van der Waals surface area contributed by atoms with Gasteiger partial charge in [0.2, 0.25) is 0 Å². The van der Waals surface area contributed by atoms with Gasteiger partial charge >= 0.3 is 0 Å². The summed E-state index contributed by atoms with van der Waals surface area (Å²) in [4.78, 5) is 0. The molecule has 101 heavy (non-hydrogen) atoms. The second-order valence-electron chi connectivity index (χ2n) is 29.3. The minimum absolute atomic E-state index is 0. The van der Waals surface area contributed by atoms with Gasteiger partial charge in [-0.2, -0.15) is 0 Å². The van der Waals surface area contributed by atoms with Crippen molar-refractivity contribution >= 4 is 5.57 Å². The number of rotatable bonds is 0. The van der Waals surface area contributed by atoms with Crippen LogP contribution in [0.3, 0.4) is 0 Å². The van der Waals surface area contributed by atoms with Gasteiger partial charge in [-0.15, -0.1) is 0 Å². The average Bonchev–Trinajstić information content (AvgIpc) is 1.60. The van der Waals surface area contributed by atoms with Gasteiger partial charge in [0, 0.05) is 0 Å². The van der Waals surface area contributed by atoms with E-state index >= 15 is 0 Å². The zero-order valence-corrected chi connectivity index (χ0v) is 56.2. The van der Waals surface area contributed by atoms with E-state index in [9.17, 15) is 0 Å². The van der Waals surface area contributed by atoms with E-state index in [0.29, 0.717) is 0 Å². The molecule has 0 unspecified atom stereocenters. The fourth-order valence-corrected chi connectivity index (χ4v) is 19.4. The fraction of sp³-hybridized carbons (Fsp3) is 0.129. The third-order valence-electron chi connectivity index (χ3n) is 23.9. The van der Waals surface area contributed by atoms with Gasteiger partial charge in [-0.05, 0) is 318 Å². The van der Waals surface area contributed by atoms with E-state index in [4.69, 9.17) is 0 Å². The lowest BCUT2D eigenvalue weighted by Gasteiger charge is -2.10. The Morgan fingerprint density at radius 1 is 0.178 bits per heavy atom. The van der Waals surface area contributed by atoms with Gasteiger partial charge in [0.05, 0.1) is 0 Å². The Morgan fingerprint density at radius 3 is 0.911 bits per heavy atom. The molecule has 0 saturated heterocycles. The molecule has 0 N–H and O–H groups in total. The predicted molar refractivity (Wildman–Crippen MR) is 422 cm³/mol. The summed E-state index contributed by atoms with van der Waals surface area (Å²) in [6, 6.07) is 103. The Balaban J connectivity index is 0.0000000847. The van der Waals surface area contributed by atoms with E-state index in [1.807, 2.05) is 0 Å². The van der Waals surface area contributed by atoms with Crippen molar-refractivity contribution in [2.45, 2.75) is 84.5 Å². The van der Waals surface area contributed by atoms with Crippen molar-refractivity contribution < 1.29 is 0 Å². The highest BCUT2D eigenvalue weighted by atomic mass is 14.4. The van der Waals surface area contributed by atoms with Crippen molar-refractivity contribution in [1.82, 2.24) is 0 Å². The van der Waals surface area contributed by atoms with Crippen LogP contribution in [-0.2, 0) is 64.2 Å². The third kappa shape index (κ3) is 9.70. The Hall–Kier alpha value is -11.4. The van der Waals surface area contributed by atoms with Crippen LogP contribution in [0.5, 0.6) is 0 Å². The van der Waals surface area contributed by atoms with Crippen LogP contribution in [0.2, 0.25) is 0 Å². The molecule has 0 radical (unpaired) electrons. The molecule has 11 aliphatic carbocycles. The second-order valence-corrected chi connectivity index (χ2v) is 29.3. The highest BCUT2D eigenvalue weighted by Crippen LogP contribution is 2.53. The second kappa shape index (κ2) is 23.9. The van der Waals surface area contributed by atoms with E-state index in [1.165, 1.54) is 213 Å². The summed E-state index contributed by atoms with van der Waals surface area (Å²) < 4.78 is 0. The van der Waals surface area contributed by atoms with Crippen molar-refractivity contribution in [2.75, 3.05) is 0 Å². The zero-order chi connectivity index (χ0) is 65.5. The summed E-state index contributed by atoms with van der Waals surface area (Å²) in [5, 5.41) is 0. The van der Waals surface area contributed by atoms with E-state index in [-0.39, 0.29) is 7.43 Å². The maximum atomic E-state index is 2.44. The Labute approximate surface area is 594 Å². The van der Waals surface area contributed by atoms with Crippen LogP contribution in [0.15, 0.2) is 297 Å².